The summed E-state index contributed by atoms with van der Waals surface area (Å²) in [6.07, 6.45) is 2.20. The smallest absolute Gasteiger partial charge is 0.387 e. The number of ether oxygens (including phenoxy) is 2. The number of alkyl halides is 2. The van der Waals surface area contributed by atoms with Crippen LogP contribution >= 0.6 is 12.2 Å². The highest BCUT2D eigenvalue weighted by molar-refractivity contribution is 7.71. The van der Waals surface area contributed by atoms with Gasteiger partial charge in [-0.15, -0.1) is 0 Å². The van der Waals surface area contributed by atoms with E-state index >= 15 is 0 Å². The predicted octanol–water partition coefficient (Wildman–Crippen LogP) is 3.39. The number of benzene rings is 1. The van der Waals surface area contributed by atoms with Crippen LogP contribution in [0.5, 0.6) is 11.5 Å². The Morgan fingerprint density at radius 2 is 2.17 bits per heavy atom. The van der Waals surface area contributed by atoms with Crippen molar-refractivity contribution in [1.82, 2.24) is 14.9 Å². The molecule has 0 bridgehead atoms. The maximum Gasteiger partial charge on any atom is 0.387 e. The number of hydrogen-bond donors (Lipinski definition) is 1. The fraction of sp³-hybridized carbons (Fsp3) is 0.357. The number of nitrogens with one attached hydrogen (secondary N) is 1. The van der Waals surface area contributed by atoms with Crippen molar-refractivity contribution < 1.29 is 18.3 Å². The number of aryl methyl sites for hydroxylation is 1. The van der Waals surface area contributed by atoms with Crippen molar-refractivity contribution in [2.45, 2.75) is 26.9 Å². The standard InChI is InChI=1S/C14H16F2N4O2S/c1-3-12-18-19-14(23)20(12)17-8-9-5-6-10(22-13(15)16)11(7-9)21-4-2/h5-8,13H,3-4H2,1-2H3,(H,19,23)/b17-8+. The highest BCUT2D eigenvalue weighted by Gasteiger charge is 2.11. The lowest BCUT2D eigenvalue weighted by atomic mass is 10.2. The first-order valence-electron chi connectivity index (χ1n) is 6.97. The topological polar surface area (TPSA) is 64.4 Å². The van der Waals surface area contributed by atoms with Crippen LogP contribution < -0.4 is 9.47 Å². The second-order valence-electron chi connectivity index (χ2n) is 4.37. The van der Waals surface area contributed by atoms with E-state index in [0.29, 0.717) is 29.2 Å². The number of aromatic amines is 1. The maximum absolute atomic E-state index is 12.4. The fourth-order valence-corrected chi connectivity index (χ4v) is 2.06. The molecule has 2 aromatic rings. The van der Waals surface area contributed by atoms with Gasteiger partial charge in [0.15, 0.2) is 17.3 Å². The summed E-state index contributed by atoms with van der Waals surface area (Å²) >= 11 is 5.09. The van der Waals surface area contributed by atoms with Gasteiger partial charge in [0.25, 0.3) is 0 Å². The van der Waals surface area contributed by atoms with Crippen molar-refractivity contribution in [3.63, 3.8) is 0 Å². The molecule has 2 rings (SSSR count). The Bertz CT molecular complexity index is 743. The Morgan fingerprint density at radius 1 is 1.39 bits per heavy atom. The fourth-order valence-electron chi connectivity index (χ4n) is 1.86. The molecule has 1 heterocycles. The van der Waals surface area contributed by atoms with Gasteiger partial charge < -0.3 is 9.47 Å². The second kappa shape index (κ2) is 7.82. The monoisotopic (exact) mass is 342 g/mol. The minimum atomic E-state index is -2.91. The summed E-state index contributed by atoms with van der Waals surface area (Å²) in [5, 5.41) is 11.0. The quantitative estimate of drug-likeness (QED) is 0.619. The Morgan fingerprint density at radius 3 is 2.83 bits per heavy atom. The molecule has 0 aliphatic carbocycles. The van der Waals surface area contributed by atoms with Gasteiger partial charge in [-0.05, 0) is 42.9 Å². The van der Waals surface area contributed by atoms with Crippen molar-refractivity contribution in [1.29, 1.82) is 0 Å². The molecule has 6 nitrogen and oxygen atoms in total. The van der Waals surface area contributed by atoms with Crippen molar-refractivity contribution in [3.05, 3.63) is 34.4 Å². The summed E-state index contributed by atoms with van der Waals surface area (Å²) in [6, 6.07) is 4.58. The number of nitrogens with zero attached hydrogens (tertiary/aromatic N) is 3. The molecule has 1 aromatic carbocycles. The van der Waals surface area contributed by atoms with Crippen LogP contribution in [0.3, 0.4) is 0 Å². The van der Waals surface area contributed by atoms with Gasteiger partial charge in [-0.25, -0.2) is 0 Å². The Labute approximate surface area is 136 Å². The molecule has 0 unspecified atom stereocenters. The van der Waals surface area contributed by atoms with Crippen LogP contribution in [0.1, 0.15) is 25.2 Å². The summed E-state index contributed by atoms with van der Waals surface area (Å²) in [5.74, 6) is 0.894. The Balaban J connectivity index is 2.29. The molecule has 0 spiro atoms. The molecule has 124 valence electrons. The van der Waals surface area contributed by atoms with E-state index in [-0.39, 0.29) is 11.5 Å². The van der Waals surface area contributed by atoms with Gasteiger partial charge in [-0.2, -0.15) is 23.7 Å². The summed E-state index contributed by atoms with van der Waals surface area (Å²) in [7, 11) is 0. The molecule has 23 heavy (non-hydrogen) atoms. The third kappa shape index (κ3) is 4.35. The van der Waals surface area contributed by atoms with Gasteiger partial charge in [0.1, 0.15) is 0 Å². The summed E-state index contributed by atoms with van der Waals surface area (Å²) in [5.41, 5.74) is 0.653. The average molecular weight is 342 g/mol. The van der Waals surface area contributed by atoms with E-state index in [1.165, 1.54) is 10.7 Å². The first kappa shape index (κ1) is 17.1. The van der Waals surface area contributed by atoms with Crippen molar-refractivity contribution in [2.75, 3.05) is 6.61 Å². The highest BCUT2D eigenvalue weighted by Crippen LogP contribution is 2.29. The minimum Gasteiger partial charge on any atom is -0.490 e. The summed E-state index contributed by atoms with van der Waals surface area (Å²) in [4.78, 5) is 0. The largest absolute Gasteiger partial charge is 0.490 e. The van der Waals surface area contributed by atoms with Gasteiger partial charge >= 0.3 is 6.61 Å². The molecule has 0 fully saturated rings. The molecule has 0 saturated heterocycles. The zero-order valence-electron chi connectivity index (χ0n) is 12.6. The molecule has 1 N–H and O–H groups in total. The van der Waals surface area contributed by atoms with Crippen molar-refractivity contribution in [2.24, 2.45) is 5.10 Å². The Hall–Kier alpha value is -2.29. The van der Waals surface area contributed by atoms with Crippen LogP contribution in [0.4, 0.5) is 8.78 Å². The van der Waals surface area contributed by atoms with Gasteiger partial charge in [0, 0.05) is 6.42 Å². The van der Waals surface area contributed by atoms with E-state index in [2.05, 4.69) is 20.0 Å². The van der Waals surface area contributed by atoms with Gasteiger partial charge in [0.2, 0.25) is 4.77 Å². The first-order valence-corrected chi connectivity index (χ1v) is 7.38. The van der Waals surface area contributed by atoms with Crippen LogP contribution in [0.25, 0.3) is 0 Å². The average Bonchev–Trinajstić information content (AvgIpc) is 2.87. The van der Waals surface area contributed by atoms with Crippen LogP contribution in [0, 0.1) is 4.77 Å². The number of hydrogen-bond acceptors (Lipinski definition) is 5. The van der Waals surface area contributed by atoms with Crippen molar-refractivity contribution >= 4 is 18.4 Å². The molecule has 0 saturated carbocycles. The van der Waals surface area contributed by atoms with E-state index in [9.17, 15) is 8.78 Å². The molecule has 1 aromatic heterocycles. The zero-order chi connectivity index (χ0) is 16.8. The van der Waals surface area contributed by atoms with E-state index in [1.807, 2.05) is 6.92 Å². The number of rotatable bonds is 7. The lowest BCUT2D eigenvalue weighted by molar-refractivity contribution is -0.0514. The van der Waals surface area contributed by atoms with E-state index in [4.69, 9.17) is 17.0 Å². The normalized spacial score (nSPS) is 11.3. The third-order valence-electron chi connectivity index (χ3n) is 2.84. The molecular weight excluding hydrogens is 326 g/mol. The molecule has 9 heteroatoms. The highest BCUT2D eigenvalue weighted by atomic mass is 32.1. The first-order chi connectivity index (χ1) is 11.0. The van der Waals surface area contributed by atoms with E-state index in [1.54, 1.807) is 25.3 Å². The zero-order valence-corrected chi connectivity index (χ0v) is 13.4. The van der Waals surface area contributed by atoms with Crippen molar-refractivity contribution in [3.8, 4) is 11.5 Å². The van der Waals surface area contributed by atoms with E-state index in [0.717, 1.165) is 0 Å². The summed E-state index contributed by atoms with van der Waals surface area (Å²) in [6.45, 7) is 1.10. The second-order valence-corrected chi connectivity index (χ2v) is 4.76. The number of aromatic nitrogens is 3. The van der Waals surface area contributed by atoms with Gasteiger partial charge in [0.05, 0.1) is 12.8 Å². The van der Waals surface area contributed by atoms with Crippen LogP contribution in [-0.2, 0) is 6.42 Å². The maximum atomic E-state index is 12.4. The number of H-pyrrole nitrogens is 1. The molecule has 0 atom stereocenters. The lowest BCUT2D eigenvalue weighted by Gasteiger charge is -2.11. The van der Waals surface area contributed by atoms with E-state index < -0.39 is 6.61 Å². The lowest BCUT2D eigenvalue weighted by Crippen LogP contribution is -2.05. The Kier molecular flexibility index (Phi) is 5.80. The van der Waals surface area contributed by atoms with Gasteiger partial charge in [-0.1, -0.05) is 6.92 Å². The molecule has 0 radical (unpaired) electrons. The molecular formula is C14H16F2N4O2S. The molecule has 0 aliphatic heterocycles. The van der Waals surface area contributed by atoms with Gasteiger partial charge in [-0.3, -0.25) is 5.10 Å². The minimum absolute atomic E-state index is 0.0202. The number of halogens is 2. The molecule has 0 amide bonds. The van der Waals surface area contributed by atoms with Crippen LogP contribution in [0.15, 0.2) is 23.3 Å². The predicted molar refractivity (Wildman–Crippen MR) is 84.0 cm³/mol. The van der Waals surface area contributed by atoms with Crippen LogP contribution in [0.2, 0.25) is 0 Å². The van der Waals surface area contributed by atoms with Crippen LogP contribution in [-0.4, -0.2) is 34.3 Å². The molecule has 0 aliphatic rings. The SMILES string of the molecule is CCOc1cc(/C=N/n2c(CC)n[nH]c2=S)ccc1OC(F)F. The third-order valence-corrected chi connectivity index (χ3v) is 3.10. The summed E-state index contributed by atoms with van der Waals surface area (Å²) < 4.78 is 36.4.